The Morgan fingerprint density at radius 3 is 2.82 bits per heavy atom. The second-order valence-electron chi connectivity index (χ2n) is 5.32. The molecule has 0 unspecified atom stereocenters. The Labute approximate surface area is 147 Å². The Hall–Kier alpha value is -0.740. The number of aromatic nitrogens is 1. The highest BCUT2D eigenvalue weighted by Gasteiger charge is 2.15. The highest BCUT2D eigenvalue weighted by atomic mass is 35.5. The standard InChI is InChI=1S/C17H19ClN2S.ClH/c1-12-3-2-4-14(20-12)11-21-17-15-8-10-19-9-7-13(15)5-6-16(17)18;/h2-6,19H,7-11H2,1H3;1H. The van der Waals surface area contributed by atoms with Crippen molar-refractivity contribution in [2.75, 3.05) is 13.1 Å². The molecule has 22 heavy (non-hydrogen) atoms. The van der Waals surface area contributed by atoms with Crippen molar-refractivity contribution < 1.29 is 0 Å². The molecule has 2 nitrogen and oxygen atoms in total. The van der Waals surface area contributed by atoms with E-state index in [1.807, 2.05) is 30.8 Å². The van der Waals surface area contributed by atoms with Crippen LogP contribution in [0.1, 0.15) is 22.5 Å². The van der Waals surface area contributed by atoms with Crippen molar-refractivity contribution in [1.29, 1.82) is 0 Å². The van der Waals surface area contributed by atoms with Crippen LogP contribution in [0.4, 0.5) is 0 Å². The number of rotatable bonds is 3. The van der Waals surface area contributed by atoms with E-state index in [4.69, 9.17) is 11.6 Å². The summed E-state index contributed by atoms with van der Waals surface area (Å²) in [5.74, 6) is 0.866. The van der Waals surface area contributed by atoms with Gasteiger partial charge in [-0.15, -0.1) is 24.2 Å². The van der Waals surface area contributed by atoms with Gasteiger partial charge in [0.1, 0.15) is 0 Å². The first-order chi connectivity index (χ1) is 10.2. The van der Waals surface area contributed by atoms with Gasteiger partial charge in [-0.05, 0) is 62.2 Å². The van der Waals surface area contributed by atoms with Crippen molar-refractivity contribution in [3.8, 4) is 0 Å². The molecule has 1 aliphatic rings. The molecule has 0 amide bonds. The van der Waals surface area contributed by atoms with Gasteiger partial charge in [0.2, 0.25) is 0 Å². The van der Waals surface area contributed by atoms with Crippen LogP contribution in [0.15, 0.2) is 35.2 Å². The zero-order chi connectivity index (χ0) is 14.7. The summed E-state index contributed by atoms with van der Waals surface area (Å²) in [6, 6.07) is 10.4. The average molecular weight is 355 g/mol. The first-order valence-electron chi connectivity index (χ1n) is 7.30. The Kier molecular flexibility index (Phi) is 6.57. The molecule has 2 heterocycles. The number of fused-ring (bicyclic) bond motifs is 1. The molecule has 0 saturated heterocycles. The predicted octanol–water partition coefficient (Wildman–Crippen LogP) is 4.45. The Bertz CT molecular complexity index is 647. The topological polar surface area (TPSA) is 24.9 Å². The molecule has 0 aliphatic carbocycles. The fourth-order valence-electron chi connectivity index (χ4n) is 2.69. The second kappa shape index (κ2) is 8.21. The lowest BCUT2D eigenvalue weighted by molar-refractivity contribution is 0.709. The molecule has 0 atom stereocenters. The van der Waals surface area contributed by atoms with E-state index in [9.17, 15) is 0 Å². The number of nitrogens with zero attached hydrogens (tertiary/aromatic N) is 1. The van der Waals surface area contributed by atoms with Crippen molar-refractivity contribution in [3.63, 3.8) is 0 Å². The number of halogens is 2. The van der Waals surface area contributed by atoms with Gasteiger partial charge in [-0.2, -0.15) is 0 Å². The summed E-state index contributed by atoms with van der Waals surface area (Å²) in [5, 5.41) is 4.33. The zero-order valence-electron chi connectivity index (χ0n) is 12.6. The molecule has 0 bridgehead atoms. The molecule has 0 spiro atoms. The number of hydrogen-bond acceptors (Lipinski definition) is 3. The third kappa shape index (κ3) is 4.17. The highest BCUT2D eigenvalue weighted by Crippen LogP contribution is 2.35. The smallest absolute Gasteiger partial charge is 0.0544 e. The molecule has 3 rings (SSSR count). The van der Waals surface area contributed by atoms with Gasteiger partial charge in [0, 0.05) is 16.3 Å². The van der Waals surface area contributed by atoms with Gasteiger partial charge in [0.15, 0.2) is 0 Å². The summed E-state index contributed by atoms with van der Waals surface area (Å²) >= 11 is 8.26. The third-order valence-electron chi connectivity index (χ3n) is 3.74. The van der Waals surface area contributed by atoms with Gasteiger partial charge >= 0.3 is 0 Å². The van der Waals surface area contributed by atoms with Gasteiger partial charge in [-0.3, -0.25) is 4.98 Å². The molecular formula is C17H20Cl2N2S. The highest BCUT2D eigenvalue weighted by molar-refractivity contribution is 7.98. The van der Waals surface area contributed by atoms with Crippen LogP contribution < -0.4 is 5.32 Å². The van der Waals surface area contributed by atoms with E-state index in [1.165, 1.54) is 16.0 Å². The summed E-state index contributed by atoms with van der Waals surface area (Å²) in [6.07, 6.45) is 2.14. The first kappa shape index (κ1) is 17.6. The minimum atomic E-state index is 0. The van der Waals surface area contributed by atoms with Crippen molar-refractivity contribution in [3.05, 3.63) is 57.9 Å². The maximum atomic E-state index is 6.45. The minimum Gasteiger partial charge on any atom is -0.316 e. The van der Waals surface area contributed by atoms with E-state index < -0.39 is 0 Å². The van der Waals surface area contributed by atoms with E-state index in [0.717, 1.165) is 48.1 Å². The van der Waals surface area contributed by atoms with Crippen molar-refractivity contribution in [2.45, 2.75) is 30.4 Å². The van der Waals surface area contributed by atoms with E-state index in [-0.39, 0.29) is 12.4 Å². The summed E-state index contributed by atoms with van der Waals surface area (Å²) in [6.45, 7) is 4.11. The van der Waals surface area contributed by atoms with E-state index in [1.54, 1.807) is 0 Å². The fraction of sp³-hybridized carbons (Fsp3) is 0.353. The normalized spacial score (nSPS) is 13.9. The predicted molar refractivity (Wildman–Crippen MR) is 97.5 cm³/mol. The third-order valence-corrected chi connectivity index (χ3v) is 5.36. The summed E-state index contributed by atoms with van der Waals surface area (Å²) < 4.78 is 0. The van der Waals surface area contributed by atoms with Crippen LogP contribution in [0.5, 0.6) is 0 Å². The van der Waals surface area contributed by atoms with E-state index >= 15 is 0 Å². The maximum Gasteiger partial charge on any atom is 0.0544 e. The molecule has 118 valence electrons. The van der Waals surface area contributed by atoms with Crippen LogP contribution in [0, 0.1) is 6.92 Å². The Morgan fingerprint density at radius 2 is 2.00 bits per heavy atom. The van der Waals surface area contributed by atoms with Crippen LogP contribution in [-0.2, 0) is 18.6 Å². The van der Waals surface area contributed by atoms with Gasteiger partial charge in [0.05, 0.1) is 10.7 Å². The van der Waals surface area contributed by atoms with Crippen molar-refractivity contribution >= 4 is 35.8 Å². The molecule has 0 radical (unpaired) electrons. The maximum absolute atomic E-state index is 6.45. The van der Waals surface area contributed by atoms with Gasteiger partial charge in [-0.1, -0.05) is 23.7 Å². The molecule has 1 aromatic carbocycles. The number of hydrogen-bond donors (Lipinski definition) is 1. The van der Waals surface area contributed by atoms with Crippen molar-refractivity contribution in [1.82, 2.24) is 10.3 Å². The molecule has 0 saturated carbocycles. The molecule has 1 aromatic heterocycles. The second-order valence-corrected chi connectivity index (χ2v) is 6.72. The van der Waals surface area contributed by atoms with Crippen LogP contribution in [-0.4, -0.2) is 18.1 Å². The average Bonchev–Trinajstić information content (AvgIpc) is 2.72. The fourth-order valence-corrected chi connectivity index (χ4v) is 4.10. The molecule has 2 aromatic rings. The van der Waals surface area contributed by atoms with E-state index in [0.29, 0.717) is 0 Å². The number of aryl methyl sites for hydroxylation is 1. The number of nitrogens with one attached hydrogen (secondary N) is 1. The molecule has 1 N–H and O–H groups in total. The minimum absolute atomic E-state index is 0. The van der Waals surface area contributed by atoms with Crippen LogP contribution in [0.2, 0.25) is 5.02 Å². The lowest BCUT2D eigenvalue weighted by Crippen LogP contribution is -2.16. The van der Waals surface area contributed by atoms with Crippen LogP contribution in [0.25, 0.3) is 0 Å². The van der Waals surface area contributed by atoms with Gasteiger partial charge in [-0.25, -0.2) is 0 Å². The molecule has 0 fully saturated rings. The largest absolute Gasteiger partial charge is 0.316 e. The number of pyridine rings is 1. The summed E-state index contributed by atoms with van der Waals surface area (Å²) in [7, 11) is 0. The van der Waals surface area contributed by atoms with Gasteiger partial charge < -0.3 is 5.32 Å². The zero-order valence-corrected chi connectivity index (χ0v) is 15.0. The quantitative estimate of drug-likeness (QED) is 0.824. The Balaban J connectivity index is 0.00000176. The first-order valence-corrected chi connectivity index (χ1v) is 8.67. The molecular weight excluding hydrogens is 335 g/mol. The van der Waals surface area contributed by atoms with E-state index in [2.05, 4.69) is 28.5 Å². The van der Waals surface area contributed by atoms with Gasteiger partial charge in [0.25, 0.3) is 0 Å². The summed E-state index contributed by atoms with van der Waals surface area (Å²) in [5.41, 5.74) is 5.03. The summed E-state index contributed by atoms with van der Waals surface area (Å²) in [4.78, 5) is 5.81. The van der Waals surface area contributed by atoms with Crippen LogP contribution in [0.3, 0.4) is 0 Å². The van der Waals surface area contributed by atoms with Crippen molar-refractivity contribution in [2.24, 2.45) is 0 Å². The lowest BCUT2D eigenvalue weighted by Gasteiger charge is -2.13. The monoisotopic (exact) mass is 354 g/mol. The Morgan fingerprint density at radius 1 is 1.18 bits per heavy atom. The molecule has 5 heteroatoms. The van der Waals surface area contributed by atoms with Crippen LogP contribution >= 0.6 is 35.8 Å². The lowest BCUT2D eigenvalue weighted by atomic mass is 10.0. The SMILES string of the molecule is Cc1cccc(CSc2c(Cl)ccc3c2CCNCC3)n1.Cl. The number of thioether (sulfide) groups is 1. The number of benzene rings is 1. The molecule has 1 aliphatic heterocycles.